The number of amides is 1. The second kappa shape index (κ2) is 6.45. The molecule has 2 aliphatic heterocycles. The van der Waals surface area contributed by atoms with E-state index in [1.54, 1.807) is 30.9 Å². The van der Waals surface area contributed by atoms with Crippen LogP contribution in [0.1, 0.15) is 29.0 Å². The highest BCUT2D eigenvalue weighted by atomic mass is 16.5. The summed E-state index contributed by atoms with van der Waals surface area (Å²) in [5, 5.41) is 4.12. The van der Waals surface area contributed by atoms with Crippen molar-refractivity contribution in [1.29, 1.82) is 0 Å². The van der Waals surface area contributed by atoms with Gasteiger partial charge in [-0.3, -0.25) is 14.7 Å². The fourth-order valence-electron chi connectivity index (χ4n) is 4.22. The number of carbonyl (C=O) groups is 1. The molecule has 5 rings (SSSR count). The maximum atomic E-state index is 12.5. The van der Waals surface area contributed by atoms with Gasteiger partial charge in [-0.25, -0.2) is 9.97 Å². The molecular weight excluding hydrogens is 358 g/mol. The summed E-state index contributed by atoms with van der Waals surface area (Å²) in [6.07, 6.45) is 7.47. The third kappa shape index (κ3) is 2.84. The summed E-state index contributed by atoms with van der Waals surface area (Å²) in [5.41, 5.74) is 0.929. The van der Waals surface area contributed by atoms with Gasteiger partial charge in [-0.05, 0) is 31.7 Å². The van der Waals surface area contributed by atoms with Crippen LogP contribution in [0.4, 0.5) is 0 Å². The van der Waals surface area contributed by atoms with Crippen LogP contribution in [0.3, 0.4) is 0 Å². The Bertz CT molecular complexity index is 986. The van der Waals surface area contributed by atoms with Crippen LogP contribution < -0.4 is 0 Å². The van der Waals surface area contributed by atoms with E-state index in [0.717, 1.165) is 18.5 Å². The molecule has 2 fully saturated rings. The number of carbonyl (C=O) groups excluding carboxylic acids is 1. The molecule has 1 amide bonds. The molecule has 2 aliphatic rings. The molecule has 3 aromatic rings. The minimum atomic E-state index is -0.116. The van der Waals surface area contributed by atoms with E-state index in [9.17, 15) is 4.79 Å². The molecule has 5 heterocycles. The van der Waals surface area contributed by atoms with Gasteiger partial charge >= 0.3 is 0 Å². The lowest BCUT2D eigenvalue weighted by molar-refractivity contribution is 0.0105. The SMILES string of the molecule is CN1CC2(CC1c1nc(-c3ccncc3)no1)CN(C(=O)c1ncccn1)C2. The fourth-order valence-corrected chi connectivity index (χ4v) is 4.22. The van der Waals surface area contributed by atoms with Gasteiger partial charge in [0.1, 0.15) is 0 Å². The number of hydrogen-bond donors (Lipinski definition) is 0. The first kappa shape index (κ1) is 16.9. The first-order valence-corrected chi connectivity index (χ1v) is 9.14. The Kier molecular flexibility index (Phi) is 3.90. The smallest absolute Gasteiger partial charge is 0.291 e. The van der Waals surface area contributed by atoms with Crippen molar-refractivity contribution in [3.8, 4) is 11.4 Å². The van der Waals surface area contributed by atoms with Crippen molar-refractivity contribution in [2.45, 2.75) is 12.5 Å². The minimum absolute atomic E-state index is 0.0494. The summed E-state index contributed by atoms with van der Waals surface area (Å²) in [7, 11) is 2.06. The summed E-state index contributed by atoms with van der Waals surface area (Å²) >= 11 is 0. The largest absolute Gasteiger partial charge is 0.337 e. The lowest BCUT2D eigenvalue weighted by Crippen LogP contribution is -2.59. The van der Waals surface area contributed by atoms with Gasteiger partial charge in [0.15, 0.2) is 0 Å². The van der Waals surface area contributed by atoms with Gasteiger partial charge in [-0.2, -0.15) is 4.98 Å². The van der Waals surface area contributed by atoms with E-state index in [1.165, 1.54) is 0 Å². The van der Waals surface area contributed by atoms with Crippen LogP contribution in [0.2, 0.25) is 0 Å². The summed E-state index contributed by atoms with van der Waals surface area (Å²) in [4.78, 5) is 33.2. The van der Waals surface area contributed by atoms with E-state index in [4.69, 9.17) is 4.52 Å². The third-order valence-corrected chi connectivity index (χ3v) is 5.51. The lowest BCUT2D eigenvalue weighted by atomic mass is 9.77. The molecule has 0 aliphatic carbocycles. The Morgan fingerprint density at radius 2 is 1.89 bits per heavy atom. The zero-order valence-corrected chi connectivity index (χ0v) is 15.4. The highest BCUT2D eigenvalue weighted by Crippen LogP contribution is 2.47. The standard InChI is InChI=1S/C19H19N7O2/c1-25-10-19(11-26(12-19)18(27)16-21-5-2-6-22-16)9-14(25)17-23-15(24-28-17)13-3-7-20-8-4-13/h2-8,14H,9-12H2,1H3. The molecule has 0 saturated carbocycles. The fraction of sp³-hybridized carbons (Fsp3) is 0.368. The molecule has 1 unspecified atom stereocenters. The van der Waals surface area contributed by atoms with E-state index >= 15 is 0 Å². The highest BCUT2D eigenvalue weighted by molar-refractivity contribution is 5.91. The molecule has 28 heavy (non-hydrogen) atoms. The van der Waals surface area contributed by atoms with Gasteiger partial charge in [-0.15, -0.1) is 0 Å². The molecule has 0 N–H and O–H groups in total. The monoisotopic (exact) mass is 377 g/mol. The van der Waals surface area contributed by atoms with Gasteiger partial charge in [-0.1, -0.05) is 5.16 Å². The van der Waals surface area contributed by atoms with Gasteiger partial charge in [0.25, 0.3) is 5.91 Å². The van der Waals surface area contributed by atoms with E-state index in [2.05, 4.69) is 37.0 Å². The van der Waals surface area contributed by atoms with Crippen molar-refractivity contribution in [2.75, 3.05) is 26.7 Å². The number of aromatic nitrogens is 5. The Morgan fingerprint density at radius 3 is 2.64 bits per heavy atom. The third-order valence-electron chi connectivity index (χ3n) is 5.51. The Balaban J connectivity index is 1.28. The molecule has 0 aromatic carbocycles. The number of pyridine rings is 1. The summed E-state index contributed by atoms with van der Waals surface area (Å²) in [6, 6.07) is 5.47. The topological polar surface area (TPSA) is 101 Å². The Hall–Kier alpha value is -3.20. The minimum Gasteiger partial charge on any atom is -0.337 e. The van der Waals surface area contributed by atoms with Crippen molar-refractivity contribution in [3.63, 3.8) is 0 Å². The molecular formula is C19H19N7O2. The highest BCUT2D eigenvalue weighted by Gasteiger charge is 2.53. The van der Waals surface area contributed by atoms with Crippen molar-refractivity contribution >= 4 is 5.91 Å². The Morgan fingerprint density at radius 1 is 1.14 bits per heavy atom. The van der Waals surface area contributed by atoms with Crippen LogP contribution in [0.15, 0.2) is 47.5 Å². The average Bonchev–Trinajstić information content (AvgIpc) is 3.32. The van der Waals surface area contributed by atoms with Crippen LogP contribution in [-0.4, -0.2) is 67.5 Å². The zero-order chi connectivity index (χ0) is 19.1. The van der Waals surface area contributed by atoms with Crippen molar-refractivity contribution in [1.82, 2.24) is 34.9 Å². The van der Waals surface area contributed by atoms with E-state index in [0.29, 0.717) is 24.8 Å². The molecule has 2 saturated heterocycles. The number of likely N-dealkylation sites (tertiary alicyclic amines) is 2. The summed E-state index contributed by atoms with van der Waals surface area (Å²) < 4.78 is 5.56. The quantitative estimate of drug-likeness (QED) is 0.676. The van der Waals surface area contributed by atoms with Gasteiger partial charge in [0.2, 0.25) is 17.5 Å². The number of rotatable bonds is 3. The maximum absolute atomic E-state index is 12.5. The normalized spacial score (nSPS) is 21.0. The molecule has 142 valence electrons. The van der Waals surface area contributed by atoms with Gasteiger partial charge < -0.3 is 9.42 Å². The molecule has 3 aromatic heterocycles. The predicted octanol–water partition coefficient (Wildman–Crippen LogP) is 1.44. The summed E-state index contributed by atoms with van der Waals surface area (Å²) in [6.45, 7) is 2.26. The van der Waals surface area contributed by atoms with E-state index in [-0.39, 0.29) is 23.2 Å². The summed E-state index contributed by atoms with van der Waals surface area (Å²) in [5.74, 6) is 1.31. The van der Waals surface area contributed by atoms with Crippen LogP contribution in [0.25, 0.3) is 11.4 Å². The van der Waals surface area contributed by atoms with Crippen molar-refractivity contribution in [3.05, 3.63) is 54.7 Å². The van der Waals surface area contributed by atoms with Crippen LogP contribution in [0, 0.1) is 5.41 Å². The second-order valence-corrected chi connectivity index (χ2v) is 7.56. The molecule has 1 atom stereocenters. The number of hydrogen-bond acceptors (Lipinski definition) is 8. The average molecular weight is 377 g/mol. The lowest BCUT2D eigenvalue weighted by Gasteiger charge is -2.47. The van der Waals surface area contributed by atoms with Gasteiger partial charge in [0.05, 0.1) is 6.04 Å². The van der Waals surface area contributed by atoms with Crippen LogP contribution in [-0.2, 0) is 0 Å². The van der Waals surface area contributed by atoms with Gasteiger partial charge in [0, 0.05) is 55.4 Å². The first-order chi connectivity index (χ1) is 13.6. The van der Waals surface area contributed by atoms with Crippen molar-refractivity contribution in [2.24, 2.45) is 5.41 Å². The maximum Gasteiger partial charge on any atom is 0.291 e. The van der Waals surface area contributed by atoms with Crippen LogP contribution >= 0.6 is 0 Å². The molecule has 0 bridgehead atoms. The molecule has 0 radical (unpaired) electrons. The van der Waals surface area contributed by atoms with Crippen LogP contribution in [0.5, 0.6) is 0 Å². The Labute approximate surface area is 161 Å². The predicted molar refractivity (Wildman–Crippen MR) is 97.9 cm³/mol. The van der Waals surface area contributed by atoms with Crippen molar-refractivity contribution < 1.29 is 9.32 Å². The first-order valence-electron chi connectivity index (χ1n) is 9.14. The molecule has 9 heteroatoms. The number of nitrogens with zero attached hydrogens (tertiary/aromatic N) is 7. The van der Waals surface area contributed by atoms with E-state index in [1.807, 2.05) is 17.0 Å². The molecule has 1 spiro atoms. The molecule has 9 nitrogen and oxygen atoms in total. The van der Waals surface area contributed by atoms with E-state index < -0.39 is 0 Å². The zero-order valence-electron chi connectivity index (χ0n) is 15.4. The second-order valence-electron chi connectivity index (χ2n) is 7.56.